The maximum atomic E-state index is 10.7. The normalized spacial score (nSPS) is 11.0. The molecular weight excluding hydrogens is 717 g/mol. The van der Waals surface area contributed by atoms with Crippen molar-refractivity contribution in [2.45, 2.75) is 5.41 Å². The lowest BCUT2D eigenvalue weighted by atomic mass is 9.65. The molecule has 0 atom stereocenters. The number of nitrogens with zero attached hydrogens (tertiary/aromatic N) is 4. The van der Waals surface area contributed by atoms with Crippen LogP contribution in [0.3, 0.4) is 0 Å². The van der Waals surface area contributed by atoms with E-state index in [1.165, 1.54) is 0 Å². The summed E-state index contributed by atoms with van der Waals surface area (Å²) in [4.78, 5) is 10.2. The molecule has 0 saturated carbocycles. The molecule has 0 bridgehead atoms. The van der Waals surface area contributed by atoms with E-state index in [-0.39, 0.29) is 0 Å². The molecule has 0 radical (unpaired) electrons. The van der Waals surface area contributed by atoms with Crippen molar-refractivity contribution in [2.24, 2.45) is 0 Å². The van der Waals surface area contributed by atoms with Gasteiger partial charge in [0.15, 0.2) is 0 Å². The molecule has 9 aromatic rings. The van der Waals surface area contributed by atoms with Crippen molar-refractivity contribution in [1.29, 1.82) is 10.5 Å². The SMILES string of the molecule is N#Cc1ccc(-c2ccccc2)nc1-c1ccc(C(c2ccccc2)(c2ccccc2)c2ccc(-c3nc(-c4ccccc4)cc(-c4ccccc4)c3C#N)cc2)cc1. The van der Waals surface area contributed by atoms with E-state index in [1.807, 2.05) is 121 Å². The first-order chi connectivity index (χ1) is 29.2. The predicted octanol–water partition coefficient (Wildman–Crippen LogP) is 12.9. The first kappa shape index (κ1) is 36.5. The largest absolute Gasteiger partial charge is 0.246 e. The number of rotatable bonds is 9. The van der Waals surface area contributed by atoms with Crippen molar-refractivity contribution in [1.82, 2.24) is 9.97 Å². The number of hydrogen-bond donors (Lipinski definition) is 0. The van der Waals surface area contributed by atoms with Crippen molar-refractivity contribution in [3.63, 3.8) is 0 Å². The summed E-state index contributed by atoms with van der Waals surface area (Å²) in [5.41, 5.74) is 13.0. The molecule has 0 saturated heterocycles. The fraction of sp³-hybridized carbons (Fsp3) is 0.0182. The van der Waals surface area contributed by atoms with Crippen LogP contribution in [0, 0.1) is 22.7 Å². The van der Waals surface area contributed by atoms with Crippen molar-refractivity contribution < 1.29 is 0 Å². The average molecular weight is 753 g/mol. The van der Waals surface area contributed by atoms with Gasteiger partial charge in [0, 0.05) is 27.8 Å². The quantitative estimate of drug-likeness (QED) is 0.138. The van der Waals surface area contributed by atoms with Crippen molar-refractivity contribution in [3.8, 4) is 68.3 Å². The topological polar surface area (TPSA) is 73.4 Å². The molecule has 59 heavy (non-hydrogen) atoms. The molecular formula is C55H36N4. The molecule has 0 aliphatic heterocycles. The second kappa shape index (κ2) is 16.1. The van der Waals surface area contributed by atoms with E-state index in [1.54, 1.807) is 0 Å². The highest BCUT2D eigenvalue weighted by Crippen LogP contribution is 2.46. The summed E-state index contributed by atoms with van der Waals surface area (Å²) in [5, 5.41) is 20.9. The molecule has 7 aromatic carbocycles. The van der Waals surface area contributed by atoms with Gasteiger partial charge < -0.3 is 0 Å². The zero-order chi connectivity index (χ0) is 40.0. The van der Waals surface area contributed by atoms with Gasteiger partial charge in [-0.25, -0.2) is 9.97 Å². The minimum absolute atomic E-state index is 0.516. The van der Waals surface area contributed by atoms with Gasteiger partial charge in [-0.05, 0) is 46.0 Å². The monoisotopic (exact) mass is 752 g/mol. The fourth-order valence-corrected chi connectivity index (χ4v) is 8.14. The Labute approximate surface area is 344 Å². The zero-order valence-corrected chi connectivity index (χ0v) is 32.1. The maximum Gasteiger partial charge on any atom is 0.102 e. The fourth-order valence-electron chi connectivity index (χ4n) is 8.14. The van der Waals surface area contributed by atoms with Gasteiger partial charge in [-0.1, -0.05) is 200 Å². The van der Waals surface area contributed by atoms with Gasteiger partial charge in [0.25, 0.3) is 0 Å². The first-order valence-corrected chi connectivity index (χ1v) is 19.5. The van der Waals surface area contributed by atoms with E-state index in [0.29, 0.717) is 22.5 Å². The number of pyridine rings is 2. The highest BCUT2D eigenvalue weighted by molar-refractivity contribution is 5.84. The summed E-state index contributed by atoms with van der Waals surface area (Å²) in [6.07, 6.45) is 0. The van der Waals surface area contributed by atoms with Gasteiger partial charge >= 0.3 is 0 Å². The number of hydrogen-bond acceptors (Lipinski definition) is 4. The Hall–Kier alpha value is -8.18. The van der Waals surface area contributed by atoms with Crippen LogP contribution in [0.4, 0.5) is 0 Å². The molecule has 0 spiro atoms. The Morgan fingerprint density at radius 1 is 0.339 bits per heavy atom. The molecule has 9 rings (SSSR count). The lowest BCUT2D eigenvalue weighted by molar-refractivity contribution is 0.745. The third kappa shape index (κ3) is 6.87. The molecule has 0 aliphatic rings. The van der Waals surface area contributed by atoms with Gasteiger partial charge in [-0.3, -0.25) is 0 Å². The minimum atomic E-state index is -0.733. The molecule has 0 unspecified atom stereocenters. The standard InChI is InChI=1S/C55H36N4/c56-37-44-30-35-51(40-18-8-2-9-19-40)58-53(44)42-26-31-47(32-27-42)55(45-22-12-4-13-23-45,46-24-14-5-15-25-46)48-33-28-43(29-34-48)54-50(38-57)49(39-16-6-1-7-17-39)36-52(59-54)41-20-10-3-11-21-41/h1-36H. The summed E-state index contributed by atoms with van der Waals surface area (Å²) >= 11 is 0. The van der Waals surface area contributed by atoms with Crippen LogP contribution in [0.5, 0.6) is 0 Å². The minimum Gasteiger partial charge on any atom is -0.246 e. The second-order valence-electron chi connectivity index (χ2n) is 14.3. The number of benzene rings is 7. The number of aromatic nitrogens is 2. The smallest absolute Gasteiger partial charge is 0.102 e. The Balaban J connectivity index is 1.22. The Bertz CT molecular complexity index is 2910. The molecule has 2 heterocycles. The van der Waals surface area contributed by atoms with Crippen molar-refractivity contribution in [2.75, 3.05) is 0 Å². The molecule has 0 fully saturated rings. The van der Waals surface area contributed by atoms with E-state index >= 15 is 0 Å². The van der Waals surface area contributed by atoms with Gasteiger partial charge in [-0.2, -0.15) is 10.5 Å². The average Bonchev–Trinajstić information content (AvgIpc) is 3.33. The Morgan fingerprint density at radius 3 is 1.22 bits per heavy atom. The summed E-state index contributed by atoms with van der Waals surface area (Å²) < 4.78 is 0. The van der Waals surface area contributed by atoms with Crippen LogP contribution in [0.1, 0.15) is 33.4 Å². The summed E-state index contributed by atoms with van der Waals surface area (Å²) in [6, 6.07) is 78.9. The van der Waals surface area contributed by atoms with Gasteiger partial charge in [0.05, 0.1) is 39.3 Å². The third-order valence-corrected chi connectivity index (χ3v) is 11.0. The van der Waals surface area contributed by atoms with Crippen molar-refractivity contribution >= 4 is 0 Å². The van der Waals surface area contributed by atoms with E-state index in [4.69, 9.17) is 9.97 Å². The van der Waals surface area contributed by atoms with Gasteiger partial charge in [-0.15, -0.1) is 0 Å². The molecule has 0 amide bonds. The van der Waals surface area contributed by atoms with E-state index < -0.39 is 5.41 Å². The predicted molar refractivity (Wildman–Crippen MR) is 237 cm³/mol. The Kier molecular flexibility index (Phi) is 9.96. The summed E-state index contributed by atoms with van der Waals surface area (Å²) in [5.74, 6) is 0. The van der Waals surface area contributed by atoms with Crippen LogP contribution < -0.4 is 0 Å². The van der Waals surface area contributed by atoms with Gasteiger partial charge in [0.2, 0.25) is 0 Å². The Morgan fingerprint density at radius 2 is 0.746 bits per heavy atom. The van der Waals surface area contributed by atoms with Crippen LogP contribution in [-0.2, 0) is 5.41 Å². The summed E-state index contributed by atoms with van der Waals surface area (Å²) in [7, 11) is 0. The highest BCUT2D eigenvalue weighted by atomic mass is 14.7. The summed E-state index contributed by atoms with van der Waals surface area (Å²) in [6.45, 7) is 0. The molecule has 2 aromatic heterocycles. The van der Waals surface area contributed by atoms with Crippen molar-refractivity contribution in [3.05, 3.63) is 252 Å². The van der Waals surface area contributed by atoms with E-state index in [2.05, 4.69) is 109 Å². The van der Waals surface area contributed by atoms with Crippen LogP contribution in [-0.4, -0.2) is 9.97 Å². The lowest BCUT2D eigenvalue weighted by Crippen LogP contribution is -2.31. The van der Waals surface area contributed by atoms with E-state index in [0.717, 1.165) is 67.0 Å². The molecule has 4 nitrogen and oxygen atoms in total. The second-order valence-corrected chi connectivity index (χ2v) is 14.3. The number of nitriles is 2. The molecule has 0 N–H and O–H groups in total. The third-order valence-electron chi connectivity index (χ3n) is 11.0. The van der Waals surface area contributed by atoms with E-state index in [9.17, 15) is 10.5 Å². The highest BCUT2D eigenvalue weighted by Gasteiger charge is 2.38. The maximum absolute atomic E-state index is 10.7. The van der Waals surface area contributed by atoms with Crippen LogP contribution in [0.25, 0.3) is 56.2 Å². The molecule has 0 aliphatic carbocycles. The van der Waals surface area contributed by atoms with Crippen LogP contribution in [0.15, 0.2) is 218 Å². The van der Waals surface area contributed by atoms with Crippen LogP contribution >= 0.6 is 0 Å². The first-order valence-electron chi connectivity index (χ1n) is 19.5. The zero-order valence-electron chi connectivity index (χ0n) is 32.1. The van der Waals surface area contributed by atoms with Crippen LogP contribution in [0.2, 0.25) is 0 Å². The van der Waals surface area contributed by atoms with Gasteiger partial charge in [0.1, 0.15) is 12.1 Å². The molecule has 4 heteroatoms. The molecule has 276 valence electrons. The lowest BCUT2D eigenvalue weighted by Gasteiger charge is -2.37.